The molecule has 0 spiro atoms. The van der Waals surface area contributed by atoms with Gasteiger partial charge in [-0.1, -0.05) is 29.8 Å². The smallest absolute Gasteiger partial charge is 0.0233 e. The van der Waals surface area contributed by atoms with Crippen LogP contribution >= 0.6 is 0 Å². The summed E-state index contributed by atoms with van der Waals surface area (Å²) in [5, 5.41) is 3.45. The lowest BCUT2D eigenvalue weighted by Crippen LogP contribution is -2.49. The first-order valence-electron chi connectivity index (χ1n) is 6.58. The number of nitrogens with one attached hydrogen (secondary N) is 1. The monoisotopic (exact) mass is 232 g/mol. The van der Waals surface area contributed by atoms with Gasteiger partial charge in [0, 0.05) is 25.2 Å². The topological polar surface area (TPSA) is 15.3 Å². The normalized spacial score (nSPS) is 20.4. The van der Waals surface area contributed by atoms with Crippen molar-refractivity contribution in [2.45, 2.75) is 38.8 Å². The van der Waals surface area contributed by atoms with Gasteiger partial charge in [-0.2, -0.15) is 0 Å². The standard InChI is InChI=1S/C15H24N2/c1-13-5-4-6-14(11-13)12-17-9-7-15(2,16-3)8-10-17/h4-6,11,16H,7-10,12H2,1-3H3. The number of hydrogen-bond donors (Lipinski definition) is 1. The Morgan fingerprint density at radius 1 is 1.29 bits per heavy atom. The Labute approximate surface area is 105 Å². The third-order valence-electron chi connectivity index (χ3n) is 4.05. The van der Waals surface area contributed by atoms with Crippen LogP contribution in [0, 0.1) is 6.92 Å². The SMILES string of the molecule is CNC1(C)CCN(Cc2cccc(C)c2)CC1. The molecule has 2 nitrogen and oxygen atoms in total. The van der Waals surface area contributed by atoms with Crippen LogP contribution < -0.4 is 5.32 Å². The van der Waals surface area contributed by atoms with E-state index in [0.717, 1.165) is 6.54 Å². The largest absolute Gasteiger partial charge is 0.314 e. The summed E-state index contributed by atoms with van der Waals surface area (Å²) < 4.78 is 0. The molecule has 0 radical (unpaired) electrons. The van der Waals surface area contributed by atoms with Crippen LogP contribution in [0.3, 0.4) is 0 Å². The molecule has 0 saturated carbocycles. The molecule has 1 heterocycles. The zero-order valence-corrected chi connectivity index (χ0v) is 11.3. The fourth-order valence-corrected chi connectivity index (χ4v) is 2.52. The summed E-state index contributed by atoms with van der Waals surface area (Å²) in [6, 6.07) is 8.86. The molecule has 0 unspecified atom stereocenters. The maximum atomic E-state index is 3.45. The van der Waals surface area contributed by atoms with E-state index < -0.39 is 0 Å². The predicted molar refractivity (Wildman–Crippen MR) is 73.2 cm³/mol. The van der Waals surface area contributed by atoms with Crippen molar-refractivity contribution in [3.63, 3.8) is 0 Å². The predicted octanol–water partition coefficient (Wildman–Crippen LogP) is 2.57. The van der Waals surface area contributed by atoms with Crippen molar-refractivity contribution in [2.24, 2.45) is 0 Å². The van der Waals surface area contributed by atoms with Crippen molar-refractivity contribution in [1.82, 2.24) is 10.2 Å². The maximum Gasteiger partial charge on any atom is 0.0233 e. The Bertz CT molecular complexity index is 365. The Morgan fingerprint density at radius 2 is 2.00 bits per heavy atom. The molecule has 1 aliphatic heterocycles. The van der Waals surface area contributed by atoms with E-state index in [2.05, 4.69) is 55.4 Å². The van der Waals surface area contributed by atoms with Gasteiger partial charge in [0.05, 0.1) is 0 Å². The molecule has 1 aliphatic rings. The molecule has 0 aliphatic carbocycles. The molecular weight excluding hydrogens is 208 g/mol. The minimum atomic E-state index is 0.350. The molecule has 1 saturated heterocycles. The van der Waals surface area contributed by atoms with E-state index in [1.165, 1.54) is 37.1 Å². The van der Waals surface area contributed by atoms with Gasteiger partial charge in [-0.3, -0.25) is 4.90 Å². The van der Waals surface area contributed by atoms with E-state index in [-0.39, 0.29) is 0 Å². The van der Waals surface area contributed by atoms with E-state index in [1.807, 2.05) is 0 Å². The Hall–Kier alpha value is -0.860. The number of nitrogens with zero attached hydrogens (tertiary/aromatic N) is 1. The van der Waals surface area contributed by atoms with Gasteiger partial charge in [0.1, 0.15) is 0 Å². The summed E-state index contributed by atoms with van der Waals surface area (Å²) in [6.45, 7) is 7.99. The summed E-state index contributed by atoms with van der Waals surface area (Å²) >= 11 is 0. The number of piperidine rings is 1. The molecule has 0 atom stereocenters. The molecular formula is C15H24N2. The van der Waals surface area contributed by atoms with Crippen LogP contribution in [0.4, 0.5) is 0 Å². The minimum absolute atomic E-state index is 0.350. The third-order valence-corrected chi connectivity index (χ3v) is 4.05. The lowest BCUT2D eigenvalue weighted by molar-refractivity contribution is 0.146. The van der Waals surface area contributed by atoms with Gasteiger partial charge < -0.3 is 5.32 Å². The molecule has 1 fully saturated rings. The van der Waals surface area contributed by atoms with Crippen LogP contribution in [0.5, 0.6) is 0 Å². The Balaban J connectivity index is 1.90. The Morgan fingerprint density at radius 3 is 2.59 bits per heavy atom. The zero-order valence-electron chi connectivity index (χ0n) is 11.3. The number of likely N-dealkylation sites (tertiary alicyclic amines) is 1. The lowest BCUT2D eigenvalue weighted by Gasteiger charge is -2.39. The van der Waals surface area contributed by atoms with Crippen molar-refractivity contribution in [3.05, 3.63) is 35.4 Å². The number of rotatable bonds is 3. The first-order valence-corrected chi connectivity index (χ1v) is 6.58. The fourth-order valence-electron chi connectivity index (χ4n) is 2.52. The van der Waals surface area contributed by atoms with E-state index >= 15 is 0 Å². The average Bonchev–Trinajstić information content (AvgIpc) is 2.33. The highest BCUT2D eigenvalue weighted by atomic mass is 15.1. The molecule has 2 heteroatoms. The van der Waals surface area contributed by atoms with Gasteiger partial charge in [0.15, 0.2) is 0 Å². The first kappa shape index (κ1) is 12.6. The summed E-state index contributed by atoms with van der Waals surface area (Å²) in [5.74, 6) is 0. The van der Waals surface area contributed by atoms with Crippen molar-refractivity contribution in [1.29, 1.82) is 0 Å². The van der Waals surface area contributed by atoms with Gasteiger partial charge in [0.25, 0.3) is 0 Å². The molecule has 1 aromatic carbocycles. The molecule has 0 bridgehead atoms. The van der Waals surface area contributed by atoms with Gasteiger partial charge in [-0.05, 0) is 39.3 Å². The third kappa shape index (κ3) is 3.30. The van der Waals surface area contributed by atoms with Crippen LogP contribution in [0.25, 0.3) is 0 Å². The highest BCUT2D eigenvalue weighted by Crippen LogP contribution is 2.22. The highest BCUT2D eigenvalue weighted by Gasteiger charge is 2.27. The summed E-state index contributed by atoms with van der Waals surface area (Å²) in [5.41, 5.74) is 3.15. The molecule has 0 amide bonds. The van der Waals surface area contributed by atoms with Crippen molar-refractivity contribution >= 4 is 0 Å². The van der Waals surface area contributed by atoms with Crippen LogP contribution in [0.2, 0.25) is 0 Å². The van der Waals surface area contributed by atoms with Crippen molar-refractivity contribution in [3.8, 4) is 0 Å². The second-order valence-corrected chi connectivity index (χ2v) is 5.58. The van der Waals surface area contributed by atoms with Crippen molar-refractivity contribution < 1.29 is 0 Å². The average molecular weight is 232 g/mol. The van der Waals surface area contributed by atoms with E-state index in [0.29, 0.717) is 5.54 Å². The quantitative estimate of drug-likeness (QED) is 0.861. The van der Waals surface area contributed by atoms with Gasteiger partial charge in [0.2, 0.25) is 0 Å². The molecule has 94 valence electrons. The summed E-state index contributed by atoms with van der Waals surface area (Å²) in [4.78, 5) is 2.56. The second-order valence-electron chi connectivity index (χ2n) is 5.58. The van der Waals surface area contributed by atoms with Crippen LogP contribution in [-0.4, -0.2) is 30.6 Å². The number of benzene rings is 1. The minimum Gasteiger partial charge on any atom is -0.314 e. The van der Waals surface area contributed by atoms with Gasteiger partial charge >= 0.3 is 0 Å². The summed E-state index contributed by atoms with van der Waals surface area (Å²) in [7, 11) is 2.08. The number of hydrogen-bond acceptors (Lipinski definition) is 2. The molecule has 2 rings (SSSR count). The van der Waals surface area contributed by atoms with Gasteiger partial charge in [-0.25, -0.2) is 0 Å². The molecule has 1 aromatic rings. The second kappa shape index (κ2) is 5.19. The van der Waals surface area contributed by atoms with Crippen molar-refractivity contribution in [2.75, 3.05) is 20.1 Å². The van der Waals surface area contributed by atoms with Crippen LogP contribution in [0.15, 0.2) is 24.3 Å². The highest BCUT2D eigenvalue weighted by molar-refractivity contribution is 5.22. The molecule has 0 aromatic heterocycles. The Kier molecular flexibility index (Phi) is 3.85. The van der Waals surface area contributed by atoms with E-state index in [9.17, 15) is 0 Å². The summed E-state index contributed by atoms with van der Waals surface area (Å²) in [6.07, 6.45) is 2.49. The zero-order chi connectivity index (χ0) is 12.3. The molecule has 17 heavy (non-hydrogen) atoms. The van der Waals surface area contributed by atoms with Crippen LogP contribution in [0.1, 0.15) is 30.9 Å². The lowest BCUT2D eigenvalue weighted by atomic mass is 9.90. The maximum absolute atomic E-state index is 3.45. The van der Waals surface area contributed by atoms with Gasteiger partial charge in [-0.15, -0.1) is 0 Å². The number of aryl methyl sites for hydroxylation is 1. The van der Waals surface area contributed by atoms with E-state index in [1.54, 1.807) is 0 Å². The first-order chi connectivity index (χ1) is 8.11. The van der Waals surface area contributed by atoms with E-state index in [4.69, 9.17) is 0 Å². The molecule has 1 N–H and O–H groups in total. The van der Waals surface area contributed by atoms with Crippen LogP contribution in [-0.2, 0) is 6.54 Å². The fraction of sp³-hybridized carbons (Fsp3) is 0.600.